The molecule has 0 fully saturated rings. The summed E-state index contributed by atoms with van der Waals surface area (Å²) in [5.41, 5.74) is 1.67. The first-order chi connectivity index (χ1) is 17.6. The van der Waals surface area contributed by atoms with Gasteiger partial charge in [-0.25, -0.2) is 0 Å². The molecular formula is C26H21N5O5. The number of nitrogens with one attached hydrogen (secondary N) is 1. The number of amides is 1. The molecule has 10 heteroatoms. The Hall–Kier alpha value is -4.99. The third-order valence-electron chi connectivity index (χ3n) is 5.51. The average molecular weight is 483 g/mol. The van der Waals surface area contributed by atoms with E-state index in [0.29, 0.717) is 45.2 Å². The molecule has 0 atom stereocenters. The van der Waals surface area contributed by atoms with E-state index in [1.54, 1.807) is 48.7 Å². The van der Waals surface area contributed by atoms with Crippen molar-refractivity contribution in [3.8, 4) is 34.5 Å². The van der Waals surface area contributed by atoms with Crippen LogP contribution >= 0.6 is 0 Å². The quantitative estimate of drug-likeness (QED) is 0.371. The Bertz CT molecular complexity index is 1590. The van der Waals surface area contributed by atoms with Crippen LogP contribution in [-0.4, -0.2) is 39.8 Å². The molecule has 0 radical (unpaired) electrons. The van der Waals surface area contributed by atoms with Gasteiger partial charge in [-0.3, -0.25) is 19.1 Å². The molecule has 5 aromatic rings. The van der Waals surface area contributed by atoms with Gasteiger partial charge in [0.15, 0.2) is 0 Å². The van der Waals surface area contributed by atoms with Crippen LogP contribution in [0.15, 0.2) is 82.2 Å². The first-order valence-electron chi connectivity index (χ1n) is 11.0. The van der Waals surface area contributed by atoms with Crippen LogP contribution < -0.4 is 20.3 Å². The van der Waals surface area contributed by atoms with Gasteiger partial charge in [0.05, 0.1) is 25.3 Å². The molecule has 5 rings (SSSR count). The fraction of sp³-hybridized carbons (Fsp3) is 0.115. The second kappa shape index (κ2) is 9.71. The van der Waals surface area contributed by atoms with Crippen molar-refractivity contribution < 1.29 is 18.8 Å². The number of nitrogens with zero attached hydrogens (tertiary/aromatic N) is 4. The second-order valence-electron chi connectivity index (χ2n) is 7.79. The number of aromatic nitrogens is 4. The SMILES string of the molecule is COc1cc(NC(=O)Cn2c(=O)cc(-c3nc(-c4ccccn4)no3)c3ccccc32)cc(OC)c1. The molecule has 0 aliphatic heterocycles. The van der Waals surface area contributed by atoms with E-state index in [1.165, 1.54) is 24.9 Å². The normalized spacial score (nSPS) is 10.8. The highest BCUT2D eigenvalue weighted by atomic mass is 16.5. The van der Waals surface area contributed by atoms with Crippen LogP contribution in [-0.2, 0) is 11.3 Å². The summed E-state index contributed by atoms with van der Waals surface area (Å²) in [4.78, 5) is 34.7. The van der Waals surface area contributed by atoms with Gasteiger partial charge in [0, 0.05) is 41.5 Å². The number of methoxy groups -OCH3 is 2. The topological polar surface area (TPSA) is 121 Å². The Morgan fingerprint density at radius 3 is 2.47 bits per heavy atom. The summed E-state index contributed by atoms with van der Waals surface area (Å²) in [7, 11) is 3.05. The zero-order valence-electron chi connectivity index (χ0n) is 19.5. The predicted molar refractivity (Wildman–Crippen MR) is 133 cm³/mol. The Morgan fingerprint density at radius 2 is 1.75 bits per heavy atom. The van der Waals surface area contributed by atoms with Gasteiger partial charge in [0.2, 0.25) is 11.7 Å². The molecule has 1 amide bonds. The number of hydrogen-bond donors (Lipinski definition) is 1. The van der Waals surface area contributed by atoms with Crippen LogP contribution in [0.4, 0.5) is 5.69 Å². The van der Waals surface area contributed by atoms with E-state index in [0.717, 1.165) is 0 Å². The molecule has 0 saturated carbocycles. The maximum atomic E-state index is 13.1. The smallest absolute Gasteiger partial charge is 0.259 e. The predicted octanol–water partition coefficient (Wildman–Crippen LogP) is 3.77. The van der Waals surface area contributed by atoms with Gasteiger partial charge < -0.3 is 19.3 Å². The zero-order chi connectivity index (χ0) is 25.1. The van der Waals surface area contributed by atoms with Crippen LogP contribution in [0.3, 0.4) is 0 Å². The highest BCUT2D eigenvalue weighted by Gasteiger charge is 2.18. The Labute approximate surface area is 205 Å². The van der Waals surface area contributed by atoms with Crippen molar-refractivity contribution in [3.63, 3.8) is 0 Å². The highest BCUT2D eigenvalue weighted by Crippen LogP contribution is 2.28. The van der Waals surface area contributed by atoms with E-state index in [9.17, 15) is 9.59 Å². The summed E-state index contributed by atoms with van der Waals surface area (Å²) < 4.78 is 17.3. The van der Waals surface area contributed by atoms with Gasteiger partial charge in [-0.2, -0.15) is 4.98 Å². The number of carbonyl (C=O) groups is 1. The molecule has 10 nitrogen and oxygen atoms in total. The minimum Gasteiger partial charge on any atom is -0.497 e. The van der Waals surface area contributed by atoms with Gasteiger partial charge in [-0.05, 0) is 18.2 Å². The molecule has 0 aliphatic rings. The molecular weight excluding hydrogens is 462 g/mol. The largest absolute Gasteiger partial charge is 0.497 e. The highest BCUT2D eigenvalue weighted by molar-refractivity contribution is 5.95. The molecule has 0 bridgehead atoms. The lowest BCUT2D eigenvalue weighted by Gasteiger charge is -2.13. The molecule has 0 unspecified atom stereocenters. The number of rotatable bonds is 7. The minimum absolute atomic E-state index is 0.184. The molecule has 2 aromatic carbocycles. The van der Waals surface area contributed by atoms with E-state index < -0.39 is 0 Å². The van der Waals surface area contributed by atoms with Gasteiger partial charge in [0.25, 0.3) is 11.4 Å². The van der Waals surface area contributed by atoms with Crippen molar-refractivity contribution in [1.82, 2.24) is 19.7 Å². The number of para-hydroxylation sites is 1. The van der Waals surface area contributed by atoms with Crippen LogP contribution in [0.1, 0.15) is 0 Å². The van der Waals surface area contributed by atoms with Crippen molar-refractivity contribution in [1.29, 1.82) is 0 Å². The molecule has 0 saturated heterocycles. The number of ether oxygens (including phenoxy) is 2. The summed E-state index contributed by atoms with van der Waals surface area (Å²) >= 11 is 0. The number of benzene rings is 2. The number of pyridine rings is 2. The van der Waals surface area contributed by atoms with Crippen LogP contribution in [0.25, 0.3) is 33.9 Å². The maximum absolute atomic E-state index is 13.1. The Balaban J connectivity index is 1.48. The fourth-order valence-electron chi connectivity index (χ4n) is 3.83. The van der Waals surface area contributed by atoms with Gasteiger partial charge in [-0.1, -0.05) is 29.4 Å². The van der Waals surface area contributed by atoms with Crippen LogP contribution in [0.5, 0.6) is 11.5 Å². The Morgan fingerprint density at radius 1 is 1.00 bits per heavy atom. The minimum atomic E-state index is -0.389. The van der Waals surface area contributed by atoms with Crippen molar-refractivity contribution in [2.75, 3.05) is 19.5 Å². The van der Waals surface area contributed by atoms with E-state index in [2.05, 4.69) is 20.4 Å². The number of carbonyl (C=O) groups excluding carboxylic acids is 1. The van der Waals surface area contributed by atoms with E-state index in [4.69, 9.17) is 14.0 Å². The maximum Gasteiger partial charge on any atom is 0.259 e. The first kappa shape index (κ1) is 22.8. The van der Waals surface area contributed by atoms with Gasteiger partial charge >= 0.3 is 0 Å². The number of fused-ring (bicyclic) bond motifs is 1. The van der Waals surface area contributed by atoms with Crippen molar-refractivity contribution >= 4 is 22.5 Å². The summed E-state index contributed by atoms with van der Waals surface area (Å²) in [5, 5.41) is 7.48. The van der Waals surface area contributed by atoms with E-state index >= 15 is 0 Å². The van der Waals surface area contributed by atoms with E-state index in [1.807, 2.05) is 18.2 Å². The van der Waals surface area contributed by atoms with Gasteiger partial charge in [0.1, 0.15) is 23.7 Å². The van der Waals surface area contributed by atoms with Gasteiger partial charge in [-0.15, -0.1) is 0 Å². The van der Waals surface area contributed by atoms with E-state index in [-0.39, 0.29) is 23.9 Å². The second-order valence-corrected chi connectivity index (χ2v) is 7.79. The first-order valence-corrected chi connectivity index (χ1v) is 11.0. The van der Waals surface area contributed by atoms with Crippen LogP contribution in [0, 0.1) is 0 Å². The molecule has 0 aliphatic carbocycles. The molecule has 180 valence electrons. The molecule has 1 N–H and O–H groups in total. The van der Waals surface area contributed by atoms with Crippen molar-refractivity contribution in [2.45, 2.75) is 6.54 Å². The lowest BCUT2D eigenvalue weighted by molar-refractivity contribution is -0.116. The monoisotopic (exact) mass is 483 g/mol. The molecule has 36 heavy (non-hydrogen) atoms. The summed E-state index contributed by atoms with van der Waals surface area (Å²) in [6, 6.07) is 19.0. The standard InChI is InChI=1S/C26H21N5O5/c1-34-17-11-16(12-18(13-17)35-2)28-23(32)15-31-22-9-4-3-7-19(22)20(14-24(31)33)26-29-25(30-36-26)21-8-5-6-10-27-21/h3-14H,15H2,1-2H3,(H,28,32). The Kier molecular flexibility index (Phi) is 6.14. The zero-order valence-corrected chi connectivity index (χ0v) is 19.5. The number of hydrogen-bond acceptors (Lipinski definition) is 8. The molecule has 3 heterocycles. The lowest BCUT2D eigenvalue weighted by Crippen LogP contribution is -2.27. The molecule has 0 spiro atoms. The fourth-order valence-corrected chi connectivity index (χ4v) is 3.83. The average Bonchev–Trinajstić information content (AvgIpc) is 3.40. The van der Waals surface area contributed by atoms with Crippen LogP contribution in [0.2, 0.25) is 0 Å². The molecule has 3 aromatic heterocycles. The summed E-state index contributed by atoms with van der Waals surface area (Å²) in [6.07, 6.45) is 1.63. The number of anilines is 1. The third kappa shape index (κ3) is 4.51. The summed E-state index contributed by atoms with van der Waals surface area (Å²) in [5.74, 6) is 1.17. The summed E-state index contributed by atoms with van der Waals surface area (Å²) in [6.45, 7) is -0.206. The van der Waals surface area contributed by atoms with Crippen molar-refractivity contribution in [3.05, 3.63) is 83.3 Å². The van der Waals surface area contributed by atoms with Crippen molar-refractivity contribution in [2.24, 2.45) is 0 Å². The lowest BCUT2D eigenvalue weighted by atomic mass is 10.1. The third-order valence-corrected chi connectivity index (χ3v) is 5.51.